The molecular weight excluding hydrogens is 570 g/mol. The number of aliphatic hydroxyl groups is 1. The average Bonchev–Trinajstić information content (AvgIpc) is 3.43. The van der Waals surface area contributed by atoms with Crippen molar-refractivity contribution in [2.45, 2.75) is 108 Å². The normalized spacial score (nSPS) is 31.0. The van der Waals surface area contributed by atoms with Gasteiger partial charge in [0, 0.05) is 11.2 Å². The zero-order valence-electron chi connectivity index (χ0n) is 24.1. The number of nitrogens with zero attached hydrogens (tertiary/aromatic N) is 4. The SMILES string of the molecule is C=C(C)[C@@H]1CC[C@](C)(S[PH](=S)O[C@H]2C[C@H](n3cnc4c(N)ncnc43)O[C@@H]2CO[Si](C)(C)C(C)(C)C)[C@@H](O)C1. The first-order valence-electron chi connectivity index (χ1n) is 13.6. The second-order valence-corrected chi connectivity index (χ2v) is 23.0. The van der Waals surface area contributed by atoms with Crippen molar-refractivity contribution in [1.82, 2.24) is 19.5 Å². The van der Waals surface area contributed by atoms with Crippen LogP contribution in [0.1, 0.15) is 66.5 Å². The van der Waals surface area contributed by atoms with Crippen LogP contribution < -0.4 is 5.73 Å². The van der Waals surface area contributed by atoms with Crippen LogP contribution in [0.25, 0.3) is 11.2 Å². The van der Waals surface area contributed by atoms with Gasteiger partial charge in [-0.2, -0.15) is 0 Å². The largest absolute Gasteiger partial charge is 0.414 e. The Labute approximate surface area is 243 Å². The highest BCUT2D eigenvalue weighted by molar-refractivity contribution is 8.63. The smallest absolute Gasteiger partial charge is 0.192 e. The minimum absolute atomic E-state index is 0.0759. The number of hydrogen-bond donors (Lipinski definition) is 2. The zero-order valence-corrected chi connectivity index (χ0v) is 27.8. The number of fused-ring (bicyclic) bond motifs is 1. The van der Waals surface area contributed by atoms with Crippen molar-refractivity contribution in [3.63, 3.8) is 0 Å². The number of allylic oxidation sites excluding steroid dienone is 1. The van der Waals surface area contributed by atoms with Crippen molar-refractivity contribution < 1.29 is 18.8 Å². The predicted molar refractivity (Wildman–Crippen MR) is 166 cm³/mol. The Balaban J connectivity index is 1.50. The van der Waals surface area contributed by atoms with E-state index in [1.54, 1.807) is 17.7 Å². The second kappa shape index (κ2) is 11.8. The van der Waals surface area contributed by atoms with Crippen LogP contribution in [0, 0.1) is 5.92 Å². The van der Waals surface area contributed by atoms with E-state index in [0.29, 0.717) is 35.9 Å². The minimum Gasteiger partial charge on any atom is -0.414 e. The summed E-state index contributed by atoms with van der Waals surface area (Å²) in [6.45, 7) is 19.8. The fourth-order valence-corrected chi connectivity index (χ4v) is 11.7. The predicted octanol–water partition coefficient (Wildman–Crippen LogP) is 5.84. The van der Waals surface area contributed by atoms with E-state index < -0.39 is 20.5 Å². The van der Waals surface area contributed by atoms with Gasteiger partial charge in [0.05, 0.1) is 25.1 Å². The Morgan fingerprint density at radius 1 is 1.36 bits per heavy atom. The van der Waals surface area contributed by atoms with E-state index in [4.69, 9.17) is 31.2 Å². The van der Waals surface area contributed by atoms with Crippen molar-refractivity contribution >= 4 is 54.6 Å². The molecule has 13 heteroatoms. The number of hydrogen-bond acceptors (Lipinski definition) is 10. The third kappa shape index (κ3) is 6.80. The summed E-state index contributed by atoms with van der Waals surface area (Å²) >= 11 is 7.57. The quantitative estimate of drug-likeness (QED) is 0.203. The Kier molecular flexibility index (Phi) is 9.40. The highest BCUT2D eigenvalue weighted by atomic mass is 32.9. The number of aromatic nitrogens is 4. The van der Waals surface area contributed by atoms with E-state index in [-0.39, 0.29) is 28.2 Å². The van der Waals surface area contributed by atoms with Crippen LogP contribution in [0.3, 0.4) is 0 Å². The number of aliphatic hydroxyl groups excluding tert-OH is 1. The Hall–Kier alpha value is -0.853. The molecule has 1 unspecified atom stereocenters. The summed E-state index contributed by atoms with van der Waals surface area (Å²) < 4.78 is 21.3. The molecule has 3 N–H and O–H groups in total. The van der Waals surface area contributed by atoms with Crippen molar-refractivity contribution in [1.29, 1.82) is 0 Å². The number of rotatable bonds is 9. The molecule has 4 rings (SSSR count). The van der Waals surface area contributed by atoms with Crippen LogP contribution in [0.5, 0.6) is 0 Å². The molecular formula is C26H44N5O4PS2Si. The van der Waals surface area contributed by atoms with Crippen molar-refractivity contribution in [3.05, 3.63) is 24.8 Å². The number of nitrogens with two attached hydrogens (primary N) is 1. The first-order chi connectivity index (χ1) is 18.1. The Bertz CT molecular complexity index is 1220. The lowest BCUT2D eigenvalue weighted by Gasteiger charge is -2.41. The zero-order chi connectivity index (χ0) is 28.8. The lowest BCUT2D eigenvalue weighted by Crippen LogP contribution is -2.44. The fourth-order valence-electron chi connectivity index (χ4n) is 4.90. The van der Waals surface area contributed by atoms with Crippen molar-refractivity contribution in [2.24, 2.45) is 5.92 Å². The molecule has 7 atom stereocenters. The molecule has 1 saturated carbocycles. The Morgan fingerprint density at radius 3 is 2.72 bits per heavy atom. The molecule has 0 amide bonds. The first kappa shape index (κ1) is 31.1. The molecule has 9 nitrogen and oxygen atoms in total. The van der Waals surface area contributed by atoms with Crippen molar-refractivity contribution in [3.8, 4) is 0 Å². The molecule has 2 aromatic rings. The molecule has 0 aromatic carbocycles. The summed E-state index contributed by atoms with van der Waals surface area (Å²) in [7, 11) is -2.01. The van der Waals surface area contributed by atoms with Crippen LogP contribution in [0.15, 0.2) is 24.8 Å². The van der Waals surface area contributed by atoms with Crippen LogP contribution in [0.4, 0.5) is 5.82 Å². The maximum absolute atomic E-state index is 11.0. The first-order valence-corrected chi connectivity index (χ1v) is 20.6. The number of ether oxygens (including phenoxy) is 1. The summed E-state index contributed by atoms with van der Waals surface area (Å²) in [5.41, 5.74) is 8.33. The lowest BCUT2D eigenvalue weighted by atomic mass is 9.77. The highest BCUT2D eigenvalue weighted by Crippen LogP contribution is 2.56. The van der Waals surface area contributed by atoms with Crippen LogP contribution in [0.2, 0.25) is 18.1 Å². The molecule has 0 spiro atoms. The molecule has 2 aromatic heterocycles. The van der Waals surface area contributed by atoms with Gasteiger partial charge in [-0.05, 0) is 57.2 Å². The lowest BCUT2D eigenvalue weighted by molar-refractivity contribution is -0.0347. The molecule has 218 valence electrons. The molecule has 1 aliphatic heterocycles. The third-order valence-electron chi connectivity index (χ3n) is 8.76. The molecule has 39 heavy (non-hydrogen) atoms. The van der Waals surface area contributed by atoms with E-state index in [9.17, 15) is 5.11 Å². The van der Waals surface area contributed by atoms with E-state index in [1.807, 2.05) is 11.5 Å². The van der Waals surface area contributed by atoms with Crippen LogP contribution >= 0.6 is 17.5 Å². The molecule has 3 heterocycles. The third-order valence-corrected chi connectivity index (χ3v) is 18.1. The van der Waals surface area contributed by atoms with Gasteiger partial charge in [0.2, 0.25) is 0 Å². The van der Waals surface area contributed by atoms with Gasteiger partial charge in [0.25, 0.3) is 0 Å². The van der Waals surface area contributed by atoms with Gasteiger partial charge in [-0.1, -0.05) is 56.1 Å². The summed E-state index contributed by atoms with van der Waals surface area (Å²) in [4.78, 5) is 12.9. The van der Waals surface area contributed by atoms with Gasteiger partial charge >= 0.3 is 0 Å². The molecule has 0 bridgehead atoms. The van der Waals surface area contributed by atoms with E-state index in [1.165, 1.54) is 6.33 Å². The summed E-state index contributed by atoms with van der Waals surface area (Å²) in [6, 6.07) is 0. The van der Waals surface area contributed by atoms with E-state index in [0.717, 1.165) is 24.8 Å². The summed E-state index contributed by atoms with van der Waals surface area (Å²) in [6.07, 6.45) is 3.28. The fraction of sp³-hybridized carbons (Fsp3) is 0.731. The molecule has 0 radical (unpaired) electrons. The van der Waals surface area contributed by atoms with Crippen LogP contribution in [-0.4, -0.2) is 62.6 Å². The van der Waals surface area contributed by atoms with Gasteiger partial charge < -0.3 is 24.5 Å². The van der Waals surface area contributed by atoms with E-state index in [2.05, 4.69) is 62.3 Å². The second-order valence-electron chi connectivity index (χ2n) is 12.7. The van der Waals surface area contributed by atoms with E-state index >= 15 is 0 Å². The van der Waals surface area contributed by atoms with Gasteiger partial charge in [-0.15, -0.1) is 0 Å². The summed E-state index contributed by atoms with van der Waals surface area (Å²) in [5, 5.41) is 11.1. The molecule has 2 aliphatic rings. The minimum atomic E-state index is -2.01. The molecule has 1 aliphatic carbocycles. The number of imidazole rings is 1. The van der Waals surface area contributed by atoms with Crippen molar-refractivity contribution in [2.75, 3.05) is 12.3 Å². The topological polar surface area (TPSA) is 118 Å². The Morgan fingerprint density at radius 2 is 2.08 bits per heavy atom. The number of anilines is 1. The highest BCUT2D eigenvalue weighted by Gasteiger charge is 2.44. The van der Waals surface area contributed by atoms with Gasteiger partial charge in [0.1, 0.15) is 30.3 Å². The average molecular weight is 614 g/mol. The van der Waals surface area contributed by atoms with Crippen LogP contribution in [-0.2, 0) is 25.5 Å². The van der Waals surface area contributed by atoms with Gasteiger partial charge in [-0.3, -0.25) is 4.57 Å². The van der Waals surface area contributed by atoms with Gasteiger partial charge in [-0.25, -0.2) is 15.0 Å². The van der Waals surface area contributed by atoms with Gasteiger partial charge in [0.15, 0.2) is 19.8 Å². The summed E-state index contributed by atoms with van der Waals surface area (Å²) in [5.74, 6) is 0.696. The molecule has 2 fully saturated rings. The maximum atomic E-state index is 11.0. The monoisotopic (exact) mass is 613 g/mol. The number of nitrogen functional groups attached to an aromatic ring is 1. The standard InChI is InChI=1S/C26H44N5O4PS2Si/c1-16(2)17-9-10-26(6,20(32)11-17)38-36(37)35-18-12-21(31-15-30-22-23(27)28-14-29-24(22)31)34-19(18)13-33-39(7,8)25(3,4)5/h14-15,17-21,32,36H,1,9-13H2,2-8H3,(H2,27,28,29)/t17-,18+,19-,20+,21-,26+/m1/s1. The molecule has 1 saturated heterocycles. The maximum Gasteiger partial charge on any atom is 0.192 e.